The number of carboxylic acid groups (broad SMARTS) is 1. The SMILES string of the molecule is Cc1nnc(N2CC[C@@]3(C[C@H](Nc4ccccn4)CCO3)C2)s1.O=C(O)C(F)(F)F. The Labute approximate surface area is 175 Å². The first-order chi connectivity index (χ1) is 14.2. The summed E-state index contributed by atoms with van der Waals surface area (Å²) in [6.45, 7) is 4.69. The van der Waals surface area contributed by atoms with Crippen LogP contribution in [0, 0.1) is 6.92 Å². The lowest BCUT2D eigenvalue weighted by Gasteiger charge is -2.38. The molecule has 4 rings (SSSR count). The highest BCUT2D eigenvalue weighted by molar-refractivity contribution is 7.15. The van der Waals surface area contributed by atoms with E-state index in [1.165, 1.54) is 0 Å². The van der Waals surface area contributed by atoms with Gasteiger partial charge < -0.3 is 20.1 Å². The summed E-state index contributed by atoms with van der Waals surface area (Å²) in [7, 11) is 0. The van der Waals surface area contributed by atoms with Crippen molar-refractivity contribution in [3.63, 3.8) is 0 Å². The Bertz CT molecular complexity index is 851. The third kappa shape index (κ3) is 5.79. The van der Waals surface area contributed by atoms with Gasteiger partial charge in [-0.2, -0.15) is 13.2 Å². The third-order valence-corrected chi connectivity index (χ3v) is 5.75. The molecule has 2 atom stereocenters. The maximum Gasteiger partial charge on any atom is 0.490 e. The van der Waals surface area contributed by atoms with Crippen molar-refractivity contribution in [3.8, 4) is 0 Å². The van der Waals surface area contributed by atoms with E-state index in [-0.39, 0.29) is 5.60 Å². The van der Waals surface area contributed by atoms with Crippen LogP contribution < -0.4 is 10.2 Å². The van der Waals surface area contributed by atoms with Gasteiger partial charge in [0, 0.05) is 31.9 Å². The lowest BCUT2D eigenvalue weighted by Crippen LogP contribution is -2.46. The molecule has 1 spiro atoms. The van der Waals surface area contributed by atoms with E-state index in [4.69, 9.17) is 14.6 Å². The number of halogens is 3. The van der Waals surface area contributed by atoms with Gasteiger partial charge in [-0.25, -0.2) is 9.78 Å². The first kappa shape index (κ1) is 22.2. The van der Waals surface area contributed by atoms with Crippen LogP contribution in [-0.4, -0.2) is 63.8 Å². The van der Waals surface area contributed by atoms with Crippen molar-refractivity contribution in [2.24, 2.45) is 0 Å². The Balaban J connectivity index is 0.000000318. The lowest BCUT2D eigenvalue weighted by molar-refractivity contribution is -0.192. The van der Waals surface area contributed by atoms with Crippen molar-refractivity contribution < 1.29 is 27.8 Å². The Morgan fingerprint density at radius 2 is 2.17 bits per heavy atom. The van der Waals surface area contributed by atoms with Crippen LogP contribution in [-0.2, 0) is 9.53 Å². The van der Waals surface area contributed by atoms with Gasteiger partial charge >= 0.3 is 12.1 Å². The van der Waals surface area contributed by atoms with E-state index in [0.717, 1.165) is 54.9 Å². The fourth-order valence-electron chi connectivity index (χ4n) is 3.51. The first-order valence-corrected chi connectivity index (χ1v) is 10.2. The van der Waals surface area contributed by atoms with Gasteiger partial charge in [-0.1, -0.05) is 17.4 Å². The van der Waals surface area contributed by atoms with Gasteiger partial charge in [0.05, 0.1) is 5.60 Å². The minimum Gasteiger partial charge on any atom is -0.475 e. The number of ether oxygens (including phenoxy) is 1. The number of hydrogen-bond acceptors (Lipinski definition) is 8. The van der Waals surface area contributed by atoms with E-state index in [9.17, 15) is 13.2 Å². The van der Waals surface area contributed by atoms with Crippen molar-refractivity contribution in [1.82, 2.24) is 15.2 Å². The zero-order valence-corrected chi connectivity index (χ0v) is 17.0. The van der Waals surface area contributed by atoms with Gasteiger partial charge in [0.1, 0.15) is 10.8 Å². The molecule has 2 aromatic heterocycles. The van der Waals surface area contributed by atoms with Crippen molar-refractivity contribution in [3.05, 3.63) is 29.4 Å². The Morgan fingerprint density at radius 1 is 1.40 bits per heavy atom. The zero-order chi connectivity index (χ0) is 21.8. The monoisotopic (exact) mass is 445 g/mol. The van der Waals surface area contributed by atoms with Gasteiger partial charge in [0.2, 0.25) is 5.13 Å². The summed E-state index contributed by atoms with van der Waals surface area (Å²) in [6, 6.07) is 6.39. The molecular weight excluding hydrogens is 423 g/mol. The standard InChI is InChI=1S/C16H21N5OS.C2HF3O2/c1-12-19-20-15(23-12)21-8-6-16(11-21)10-13(5-9-22-16)18-14-4-2-3-7-17-14;3-2(4,5)1(6)7/h2-4,7,13H,5-6,8-11H2,1H3,(H,17,18);(H,6,7)/t13-,16-;/m1./s1. The molecule has 0 aromatic carbocycles. The molecule has 2 aromatic rings. The van der Waals surface area contributed by atoms with Crippen LogP contribution in [0.5, 0.6) is 0 Å². The second kappa shape index (κ2) is 9.13. The number of carbonyl (C=O) groups is 1. The minimum absolute atomic E-state index is 0.0652. The number of alkyl halides is 3. The number of hydrogen-bond donors (Lipinski definition) is 2. The molecule has 12 heteroatoms. The summed E-state index contributed by atoms with van der Waals surface area (Å²) in [4.78, 5) is 15.6. The molecule has 0 bridgehead atoms. The van der Waals surface area contributed by atoms with Gasteiger partial charge in [-0.05, 0) is 38.3 Å². The molecule has 2 fully saturated rings. The van der Waals surface area contributed by atoms with E-state index in [2.05, 4.69) is 25.4 Å². The normalized spacial score (nSPS) is 23.7. The van der Waals surface area contributed by atoms with Crippen LogP contribution in [0.1, 0.15) is 24.3 Å². The van der Waals surface area contributed by atoms with Crippen molar-refractivity contribution in [2.75, 3.05) is 29.9 Å². The van der Waals surface area contributed by atoms with Crippen LogP contribution in [0.3, 0.4) is 0 Å². The second-order valence-electron chi connectivity index (χ2n) is 7.16. The van der Waals surface area contributed by atoms with E-state index >= 15 is 0 Å². The van der Waals surface area contributed by atoms with Gasteiger partial charge in [-0.15, -0.1) is 10.2 Å². The van der Waals surface area contributed by atoms with Crippen LogP contribution in [0.4, 0.5) is 24.1 Å². The topological polar surface area (TPSA) is 100 Å². The molecule has 0 amide bonds. The molecule has 30 heavy (non-hydrogen) atoms. The lowest BCUT2D eigenvalue weighted by atomic mass is 9.89. The average molecular weight is 445 g/mol. The van der Waals surface area contributed by atoms with E-state index in [1.54, 1.807) is 11.3 Å². The highest BCUT2D eigenvalue weighted by atomic mass is 32.1. The molecule has 2 aliphatic heterocycles. The zero-order valence-electron chi connectivity index (χ0n) is 16.2. The molecule has 2 saturated heterocycles. The average Bonchev–Trinajstić information content (AvgIpc) is 3.29. The number of rotatable bonds is 3. The van der Waals surface area contributed by atoms with Crippen molar-refractivity contribution >= 4 is 28.3 Å². The highest BCUT2D eigenvalue weighted by Gasteiger charge is 2.44. The predicted octanol–water partition coefficient (Wildman–Crippen LogP) is 3.11. The Kier molecular flexibility index (Phi) is 6.76. The second-order valence-corrected chi connectivity index (χ2v) is 8.32. The molecule has 0 unspecified atom stereocenters. The molecule has 0 saturated carbocycles. The highest BCUT2D eigenvalue weighted by Crippen LogP contribution is 2.37. The molecule has 2 N–H and O–H groups in total. The summed E-state index contributed by atoms with van der Waals surface area (Å²) < 4.78 is 37.9. The van der Waals surface area contributed by atoms with Crippen LogP contribution in [0.2, 0.25) is 0 Å². The van der Waals surface area contributed by atoms with Crippen LogP contribution in [0.15, 0.2) is 24.4 Å². The molecule has 4 heterocycles. The molecule has 0 aliphatic carbocycles. The van der Waals surface area contributed by atoms with E-state index in [0.29, 0.717) is 6.04 Å². The predicted molar refractivity (Wildman–Crippen MR) is 105 cm³/mol. The largest absolute Gasteiger partial charge is 0.490 e. The molecule has 164 valence electrons. The summed E-state index contributed by atoms with van der Waals surface area (Å²) in [6.07, 6.45) is -0.174. The maximum atomic E-state index is 10.6. The van der Waals surface area contributed by atoms with Gasteiger partial charge in [0.15, 0.2) is 0 Å². The maximum absolute atomic E-state index is 10.6. The van der Waals surface area contributed by atoms with Gasteiger partial charge in [-0.3, -0.25) is 0 Å². The smallest absolute Gasteiger partial charge is 0.475 e. The molecule has 2 aliphatic rings. The Morgan fingerprint density at radius 3 is 2.77 bits per heavy atom. The number of aliphatic carboxylic acids is 1. The number of pyridine rings is 1. The third-order valence-electron chi connectivity index (χ3n) is 4.85. The quantitative estimate of drug-likeness (QED) is 0.743. The summed E-state index contributed by atoms with van der Waals surface area (Å²) in [5.74, 6) is -1.81. The van der Waals surface area contributed by atoms with Crippen molar-refractivity contribution in [2.45, 2.75) is 44.0 Å². The Hall–Kier alpha value is -2.47. The summed E-state index contributed by atoms with van der Waals surface area (Å²) >= 11 is 1.66. The summed E-state index contributed by atoms with van der Waals surface area (Å²) in [5.41, 5.74) is -0.0652. The summed E-state index contributed by atoms with van der Waals surface area (Å²) in [5, 5.41) is 21.1. The molecule has 8 nitrogen and oxygen atoms in total. The number of nitrogens with zero attached hydrogens (tertiary/aromatic N) is 4. The number of aryl methyl sites for hydroxylation is 1. The minimum atomic E-state index is -5.08. The van der Waals surface area contributed by atoms with E-state index < -0.39 is 12.1 Å². The van der Waals surface area contributed by atoms with E-state index in [1.807, 2.05) is 31.3 Å². The fourth-order valence-corrected chi connectivity index (χ4v) is 4.23. The number of anilines is 2. The van der Waals surface area contributed by atoms with Crippen LogP contribution in [0.25, 0.3) is 0 Å². The number of nitrogens with one attached hydrogen (secondary N) is 1. The first-order valence-electron chi connectivity index (χ1n) is 9.34. The fraction of sp³-hybridized carbons (Fsp3) is 0.556. The van der Waals surface area contributed by atoms with Gasteiger partial charge in [0.25, 0.3) is 0 Å². The molecule has 0 radical (unpaired) electrons. The van der Waals surface area contributed by atoms with Crippen molar-refractivity contribution in [1.29, 1.82) is 0 Å². The van der Waals surface area contributed by atoms with Crippen LogP contribution >= 0.6 is 11.3 Å². The molecular formula is C18H22F3N5O3S. The number of aromatic nitrogens is 3. The number of carboxylic acids is 1.